The molecular weight excluding hydrogens is 144 g/mol. The highest BCUT2D eigenvalue weighted by Gasteiger charge is 2.11. The van der Waals surface area contributed by atoms with Crippen LogP contribution in [0.15, 0.2) is 23.8 Å². The predicted molar refractivity (Wildman–Crippen MR) is 41.2 cm³/mol. The monoisotopic (exact) mass is 154 g/mol. The summed E-state index contributed by atoms with van der Waals surface area (Å²) in [7, 11) is 0. The van der Waals surface area contributed by atoms with Crippen LogP contribution in [0.5, 0.6) is 0 Å². The Morgan fingerprint density at radius 3 is 2.09 bits per heavy atom. The third-order valence-corrected chi connectivity index (χ3v) is 1.10. The van der Waals surface area contributed by atoms with Crippen molar-refractivity contribution >= 4 is 11.8 Å². The molecule has 0 saturated carbocycles. The van der Waals surface area contributed by atoms with Crippen molar-refractivity contribution in [2.24, 2.45) is 0 Å². The highest BCUT2D eigenvalue weighted by molar-refractivity contribution is 6.20. The van der Waals surface area contributed by atoms with Gasteiger partial charge >= 0.3 is 5.97 Å². The Balaban J connectivity index is 4.55. The molecular formula is C8H10O3. The molecule has 0 heterocycles. The lowest BCUT2D eigenvalue weighted by molar-refractivity contribution is -0.134. The van der Waals surface area contributed by atoms with Gasteiger partial charge in [0.15, 0.2) is 5.78 Å². The molecule has 0 aliphatic heterocycles. The van der Waals surface area contributed by atoms with Crippen molar-refractivity contribution in [2.45, 2.75) is 13.8 Å². The number of aliphatic carboxylic acids is 1. The Morgan fingerprint density at radius 1 is 1.27 bits per heavy atom. The van der Waals surface area contributed by atoms with Crippen molar-refractivity contribution in [3.8, 4) is 0 Å². The van der Waals surface area contributed by atoms with Crippen LogP contribution in [0.4, 0.5) is 0 Å². The van der Waals surface area contributed by atoms with Gasteiger partial charge < -0.3 is 5.11 Å². The molecule has 0 rings (SSSR count). The van der Waals surface area contributed by atoms with Gasteiger partial charge in [0.05, 0.1) is 0 Å². The second kappa shape index (κ2) is 4.44. The van der Waals surface area contributed by atoms with Gasteiger partial charge in [0, 0.05) is 0 Å². The van der Waals surface area contributed by atoms with Gasteiger partial charge in [-0.3, -0.25) is 4.79 Å². The zero-order chi connectivity index (χ0) is 8.85. The van der Waals surface area contributed by atoms with E-state index >= 15 is 0 Å². The molecule has 3 nitrogen and oxygen atoms in total. The molecule has 0 radical (unpaired) electrons. The predicted octanol–water partition coefficient (Wildman–Crippen LogP) is 1.16. The standard InChI is InChI=1S/C8H10O3/c1-3-5-7(9)6(4-2)8(10)11/h3-5H,1-2H3,(H,10,11)/b5-3-,6-4+. The lowest BCUT2D eigenvalue weighted by Gasteiger charge is -1.92. The van der Waals surface area contributed by atoms with Gasteiger partial charge in [-0.05, 0) is 19.9 Å². The summed E-state index contributed by atoms with van der Waals surface area (Å²) in [6.45, 7) is 3.18. The van der Waals surface area contributed by atoms with Gasteiger partial charge in [0.2, 0.25) is 0 Å². The molecule has 0 aliphatic rings. The molecule has 0 aliphatic carbocycles. The van der Waals surface area contributed by atoms with Crippen LogP contribution >= 0.6 is 0 Å². The van der Waals surface area contributed by atoms with Gasteiger partial charge in [-0.25, -0.2) is 4.79 Å². The topological polar surface area (TPSA) is 54.4 Å². The van der Waals surface area contributed by atoms with E-state index in [4.69, 9.17) is 5.11 Å². The maximum atomic E-state index is 10.9. The van der Waals surface area contributed by atoms with Crippen molar-refractivity contribution in [1.29, 1.82) is 0 Å². The second-order valence-electron chi connectivity index (χ2n) is 1.87. The first-order chi connectivity index (χ1) is 5.13. The van der Waals surface area contributed by atoms with Crippen LogP contribution in [0.2, 0.25) is 0 Å². The molecule has 0 unspecified atom stereocenters. The summed E-state index contributed by atoms with van der Waals surface area (Å²) in [5, 5.41) is 8.45. The molecule has 0 spiro atoms. The van der Waals surface area contributed by atoms with Gasteiger partial charge in [-0.15, -0.1) is 0 Å². The van der Waals surface area contributed by atoms with E-state index < -0.39 is 11.8 Å². The van der Waals surface area contributed by atoms with Crippen LogP contribution in [-0.2, 0) is 9.59 Å². The molecule has 0 bridgehead atoms. The first-order valence-corrected chi connectivity index (χ1v) is 3.20. The summed E-state index contributed by atoms with van der Waals surface area (Å²) in [4.78, 5) is 21.2. The normalized spacial score (nSPS) is 12.0. The Labute approximate surface area is 65.0 Å². The quantitative estimate of drug-likeness (QED) is 0.377. The number of hydrogen-bond acceptors (Lipinski definition) is 2. The molecule has 11 heavy (non-hydrogen) atoms. The van der Waals surface area contributed by atoms with Gasteiger partial charge in [0.25, 0.3) is 0 Å². The smallest absolute Gasteiger partial charge is 0.339 e. The van der Waals surface area contributed by atoms with E-state index in [0.717, 1.165) is 0 Å². The molecule has 60 valence electrons. The molecule has 0 saturated heterocycles. The first kappa shape index (κ1) is 9.62. The van der Waals surface area contributed by atoms with E-state index in [-0.39, 0.29) is 5.57 Å². The number of carboxylic acid groups (broad SMARTS) is 1. The molecule has 0 fully saturated rings. The van der Waals surface area contributed by atoms with Crippen molar-refractivity contribution in [3.63, 3.8) is 0 Å². The van der Waals surface area contributed by atoms with E-state index in [1.165, 1.54) is 25.2 Å². The Morgan fingerprint density at radius 2 is 1.82 bits per heavy atom. The minimum Gasteiger partial charge on any atom is -0.478 e. The van der Waals surface area contributed by atoms with Crippen molar-refractivity contribution < 1.29 is 14.7 Å². The van der Waals surface area contributed by atoms with Gasteiger partial charge in [-0.2, -0.15) is 0 Å². The number of ketones is 1. The van der Waals surface area contributed by atoms with Gasteiger partial charge in [-0.1, -0.05) is 12.2 Å². The number of carbonyl (C=O) groups is 2. The average Bonchev–Trinajstić information content (AvgIpc) is 1.88. The van der Waals surface area contributed by atoms with Crippen molar-refractivity contribution in [1.82, 2.24) is 0 Å². The molecule has 0 aromatic heterocycles. The second-order valence-corrected chi connectivity index (χ2v) is 1.87. The minimum atomic E-state index is -1.18. The molecule has 0 atom stereocenters. The Bertz CT molecular complexity index is 223. The number of allylic oxidation sites excluding steroid dienone is 3. The molecule has 0 aromatic carbocycles. The zero-order valence-electron chi connectivity index (χ0n) is 6.50. The summed E-state index contributed by atoms with van der Waals surface area (Å²) < 4.78 is 0. The summed E-state index contributed by atoms with van der Waals surface area (Å²) in [5.74, 6) is -1.65. The Kier molecular flexibility index (Phi) is 3.88. The molecule has 1 N–H and O–H groups in total. The summed E-state index contributed by atoms with van der Waals surface area (Å²) in [6, 6.07) is 0. The SMILES string of the molecule is C/C=C\C(=O)/C(=C\C)C(=O)O. The third kappa shape index (κ3) is 2.80. The van der Waals surface area contributed by atoms with Crippen LogP contribution in [0.25, 0.3) is 0 Å². The Hall–Kier alpha value is -1.38. The van der Waals surface area contributed by atoms with E-state index in [9.17, 15) is 9.59 Å². The van der Waals surface area contributed by atoms with E-state index in [0.29, 0.717) is 0 Å². The molecule has 0 amide bonds. The van der Waals surface area contributed by atoms with Gasteiger partial charge in [0.1, 0.15) is 5.57 Å². The maximum Gasteiger partial charge on any atom is 0.339 e. The highest BCUT2D eigenvalue weighted by atomic mass is 16.4. The lowest BCUT2D eigenvalue weighted by Crippen LogP contribution is -2.09. The first-order valence-electron chi connectivity index (χ1n) is 3.20. The van der Waals surface area contributed by atoms with E-state index in [1.807, 2.05) is 0 Å². The zero-order valence-corrected chi connectivity index (χ0v) is 6.50. The number of rotatable bonds is 3. The third-order valence-electron chi connectivity index (χ3n) is 1.10. The number of carboxylic acids is 1. The fourth-order valence-electron chi connectivity index (χ4n) is 0.612. The fourth-order valence-corrected chi connectivity index (χ4v) is 0.612. The van der Waals surface area contributed by atoms with Crippen LogP contribution in [-0.4, -0.2) is 16.9 Å². The largest absolute Gasteiger partial charge is 0.478 e. The summed E-state index contributed by atoms with van der Waals surface area (Å²) >= 11 is 0. The minimum absolute atomic E-state index is 0.192. The van der Waals surface area contributed by atoms with Crippen LogP contribution in [0, 0.1) is 0 Å². The average molecular weight is 154 g/mol. The van der Waals surface area contributed by atoms with E-state index in [1.54, 1.807) is 6.92 Å². The summed E-state index contributed by atoms with van der Waals surface area (Å²) in [6.07, 6.45) is 4.02. The van der Waals surface area contributed by atoms with Crippen molar-refractivity contribution in [3.05, 3.63) is 23.8 Å². The molecule has 3 heteroatoms. The summed E-state index contributed by atoms with van der Waals surface area (Å²) in [5.41, 5.74) is -0.192. The van der Waals surface area contributed by atoms with Crippen LogP contribution < -0.4 is 0 Å². The fraction of sp³-hybridized carbons (Fsp3) is 0.250. The van der Waals surface area contributed by atoms with Crippen LogP contribution in [0.3, 0.4) is 0 Å². The van der Waals surface area contributed by atoms with Crippen LogP contribution in [0.1, 0.15) is 13.8 Å². The van der Waals surface area contributed by atoms with E-state index in [2.05, 4.69) is 0 Å². The lowest BCUT2D eigenvalue weighted by atomic mass is 10.1. The number of hydrogen-bond donors (Lipinski definition) is 1. The number of carbonyl (C=O) groups excluding carboxylic acids is 1. The maximum absolute atomic E-state index is 10.9. The molecule has 0 aromatic rings. The van der Waals surface area contributed by atoms with Crippen molar-refractivity contribution in [2.75, 3.05) is 0 Å². The highest BCUT2D eigenvalue weighted by Crippen LogP contribution is 1.97.